The highest BCUT2D eigenvalue weighted by Crippen LogP contribution is 2.24. The largest absolute Gasteiger partial charge is 0.143 e. The third kappa shape index (κ3) is 1.41. The first-order chi connectivity index (χ1) is 5.86. The summed E-state index contributed by atoms with van der Waals surface area (Å²) >= 11 is 1.73. The van der Waals surface area contributed by atoms with E-state index in [1.807, 2.05) is 6.07 Å². The molecule has 0 unspecified atom stereocenters. The molecule has 0 aliphatic rings. The molecule has 12 heavy (non-hydrogen) atoms. The molecule has 2 aromatic rings. The molecular formula is C11H9S. The average Bonchev–Trinajstić information content (AvgIpc) is 2.56. The average molecular weight is 173 g/mol. The van der Waals surface area contributed by atoms with Gasteiger partial charge < -0.3 is 0 Å². The normalized spacial score (nSPS) is 10.1. The number of hydrogen-bond acceptors (Lipinski definition) is 1. The van der Waals surface area contributed by atoms with Gasteiger partial charge in [-0.2, -0.15) is 0 Å². The lowest BCUT2D eigenvalue weighted by Gasteiger charge is -1.97. The van der Waals surface area contributed by atoms with Crippen molar-refractivity contribution in [3.63, 3.8) is 0 Å². The molecule has 0 aliphatic heterocycles. The molecule has 0 spiro atoms. The van der Waals surface area contributed by atoms with E-state index in [0.717, 1.165) is 0 Å². The van der Waals surface area contributed by atoms with Crippen molar-refractivity contribution < 1.29 is 0 Å². The summed E-state index contributed by atoms with van der Waals surface area (Å²) in [4.78, 5) is 1.22. The molecule has 0 aliphatic carbocycles. The van der Waals surface area contributed by atoms with Crippen LogP contribution in [0.2, 0.25) is 0 Å². The van der Waals surface area contributed by atoms with Crippen molar-refractivity contribution in [1.29, 1.82) is 0 Å². The number of rotatable bonds is 1. The SMILES string of the molecule is Cc1cccc(-c2[c]ccs2)c1. The fraction of sp³-hybridized carbons (Fsp3) is 0.0909. The van der Waals surface area contributed by atoms with E-state index >= 15 is 0 Å². The lowest BCUT2D eigenvalue weighted by Crippen LogP contribution is -1.73. The van der Waals surface area contributed by atoms with Crippen molar-refractivity contribution in [2.24, 2.45) is 0 Å². The van der Waals surface area contributed by atoms with E-state index in [0.29, 0.717) is 0 Å². The van der Waals surface area contributed by atoms with E-state index in [9.17, 15) is 0 Å². The van der Waals surface area contributed by atoms with Crippen LogP contribution in [0.25, 0.3) is 10.4 Å². The van der Waals surface area contributed by atoms with Crippen LogP contribution in [0.5, 0.6) is 0 Å². The third-order valence-electron chi connectivity index (χ3n) is 1.75. The van der Waals surface area contributed by atoms with Crippen molar-refractivity contribution in [3.05, 3.63) is 47.3 Å². The van der Waals surface area contributed by atoms with Gasteiger partial charge in [-0.05, 0) is 23.9 Å². The number of thiophene rings is 1. The first kappa shape index (κ1) is 7.56. The van der Waals surface area contributed by atoms with Crippen molar-refractivity contribution >= 4 is 11.3 Å². The van der Waals surface area contributed by atoms with Crippen molar-refractivity contribution in [2.75, 3.05) is 0 Å². The van der Waals surface area contributed by atoms with E-state index in [4.69, 9.17) is 0 Å². The summed E-state index contributed by atoms with van der Waals surface area (Å²) in [5.74, 6) is 0. The van der Waals surface area contributed by atoms with Crippen LogP contribution in [0.15, 0.2) is 35.7 Å². The quantitative estimate of drug-likeness (QED) is 0.619. The molecule has 0 amide bonds. The summed E-state index contributed by atoms with van der Waals surface area (Å²) in [6.45, 7) is 2.11. The van der Waals surface area contributed by atoms with Crippen molar-refractivity contribution in [3.8, 4) is 10.4 Å². The van der Waals surface area contributed by atoms with Gasteiger partial charge in [0, 0.05) is 10.9 Å². The third-order valence-corrected chi connectivity index (χ3v) is 2.61. The van der Waals surface area contributed by atoms with Crippen LogP contribution in [-0.2, 0) is 0 Å². The minimum Gasteiger partial charge on any atom is -0.143 e. The van der Waals surface area contributed by atoms with Crippen molar-refractivity contribution in [2.45, 2.75) is 6.92 Å². The maximum absolute atomic E-state index is 3.20. The topological polar surface area (TPSA) is 0 Å². The van der Waals surface area contributed by atoms with Crippen LogP contribution in [-0.4, -0.2) is 0 Å². The zero-order valence-corrected chi connectivity index (χ0v) is 7.69. The minimum atomic E-state index is 1.22. The number of benzene rings is 1. The summed E-state index contributed by atoms with van der Waals surface area (Å²) < 4.78 is 0. The summed E-state index contributed by atoms with van der Waals surface area (Å²) in [6.07, 6.45) is 0. The van der Waals surface area contributed by atoms with Crippen LogP contribution in [0, 0.1) is 13.0 Å². The molecule has 59 valence electrons. The van der Waals surface area contributed by atoms with E-state index in [1.54, 1.807) is 11.3 Å². The standard InChI is InChI=1S/C11H9S/c1-9-4-2-5-10(8-9)11-6-3-7-12-11/h2-5,7-8H,1H3. The van der Waals surface area contributed by atoms with Crippen LogP contribution < -0.4 is 0 Å². The highest BCUT2D eigenvalue weighted by atomic mass is 32.1. The highest BCUT2D eigenvalue weighted by Gasteiger charge is 1.97. The van der Waals surface area contributed by atoms with Crippen LogP contribution in [0.4, 0.5) is 0 Å². The molecule has 0 nitrogen and oxygen atoms in total. The van der Waals surface area contributed by atoms with Crippen LogP contribution >= 0.6 is 11.3 Å². The number of hydrogen-bond donors (Lipinski definition) is 0. The maximum atomic E-state index is 3.20. The molecule has 0 atom stereocenters. The Bertz CT molecular complexity index is 360. The molecule has 0 bridgehead atoms. The maximum Gasteiger partial charge on any atom is 0.0421 e. The van der Waals surface area contributed by atoms with Gasteiger partial charge in [0.15, 0.2) is 0 Å². The molecule has 1 radical (unpaired) electrons. The molecule has 1 heteroatoms. The molecular weight excluding hydrogens is 164 g/mol. The number of aryl methyl sites for hydroxylation is 1. The van der Waals surface area contributed by atoms with Gasteiger partial charge in [-0.15, -0.1) is 11.3 Å². The van der Waals surface area contributed by atoms with Gasteiger partial charge in [0.05, 0.1) is 0 Å². The monoisotopic (exact) mass is 173 g/mol. The molecule has 1 aromatic carbocycles. The van der Waals surface area contributed by atoms with Gasteiger partial charge in [0.1, 0.15) is 0 Å². The molecule has 1 aromatic heterocycles. The summed E-state index contributed by atoms with van der Waals surface area (Å²) in [5.41, 5.74) is 2.57. The summed E-state index contributed by atoms with van der Waals surface area (Å²) in [7, 11) is 0. The Labute approximate surface area is 76.5 Å². The lowest BCUT2D eigenvalue weighted by atomic mass is 10.1. The fourth-order valence-electron chi connectivity index (χ4n) is 1.18. The van der Waals surface area contributed by atoms with Gasteiger partial charge >= 0.3 is 0 Å². The Morgan fingerprint density at radius 3 is 2.92 bits per heavy atom. The van der Waals surface area contributed by atoms with Crippen LogP contribution in [0.3, 0.4) is 0 Å². The Kier molecular flexibility index (Phi) is 1.96. The predicted molar refractivity (Wildman–Crippen MR) is 53.3 cm³/mol. The van der Waals surface area contributed by atoms with Gasteiger partial charge in [-0.25, -0.2) is 0 Å². The Morgan fingerprint density at radius 1 is 1.33 bits per heavy atom. The fourth-order valence-corrected chi connectivity index (χ4v) is 1.85. The van der Waals surface area contributed by atoms with E-state index in [-0.39, 0.29) is 0 Å². The molecule has 1 heterocycles. The molecule has 0 fully saturated rings. The Balaban J connectivity index is 2.48. The first-order valence-electron chi connectivity index (χ1n) is 3.88. The van der Waals surface area contributed by atoms with E-state index in [2.05, 4.69) is 42.6 Å². The van der Waals surface area contributed by atoms with Crippen molar-refractivity contribution in [1.82, 2.24) is 0 Å². The lowest BCUT2D eigenvalue weighted by molar-refractivity contribution is 1.48. The van der Waals surface area contributed by atoms with Gasteiger partial charge in [0.25, 0.3) is 0 Å². The second kappa shape index (κ2) is 3.11. The molecule has 0 saturated heterocycles. The van der Waals surface area contributed by atoms with E-state index < -0.39 is 0 Å². The molecule has 0 saturated carbocycles. The predicted octanol–water partition coefficient (Wildman–Crippen LogP) is 3.52. The second-order valence-electron chi connectivity index (χ2n) is 2.76. The highest BCUT2D eigenvalue weighted by molar-refractivity contribution is 7.13. The summed E-state index contributed by atoms with van der Waals surface area (Å²) in [6, 6.07) is 13.7. The van der Waals surface area contributed by atoms with Crippen LogP contribution in [0.1, 0.15) is 5.56 Å². The Hall–Kier alpha value is -1.08. The zero-order chi connectivity index (χ0) is 8.39. The first-order valence-corrected chi connectivity index (χ1v) is 4.76. The molecule has 0 N–H and O–H groups in total. The Morgan fingerprint density at radius 2 is 2.25 bits per heavy atom. The zero-order valence-electron chi connectivity index (χ0n) is 6.87. The van der Waals surface area contributed by atoms with E-state index in [1.165, 1.54) is 16.0 Å². The van der Waals surface area contributed by atoms with Gasteiger partial charge in [-0.3, -0.25) is 0 Å². The van der Waals surface area contributed by atoms with Gasteiger partial charge in [0.2, 0.25) is 0 Å². The minimum absolute atomic E-state index is 1.22. The summed E-state index contributed by atoms with van der Waals surface area (Å²) in [5, 5.41) is 2.05. The second-order valence-corrected chi connectivity index (χ2v) is 3.68. The molecule has 2 rings (SSSR count). The smallest absolute Gasteiger partial charge is 0.0421 e. The van der Waals surface area contributed by atoms with Gasteiger partial charge in [-0.1, -0.05) is 29.8 Å².